The zero-order valence-corrected chi connectivity index (χ0v) is 14.4. The van der Waals surface area contributed by atoms with Crippen LogP contribution in [0.2, 0.25) is 0 Å². The molecule has 1 rings (SSSR count). The quantitative estimate of drug-likeness (QED) is 0.511. The van der Waals surface area contributed by atoms with E-state index in [0.717, 1.165) is 37.5 Å². The topological polar surface area (TPSA) is 56.7 Å². The summed E-state index contributed by atoms with van der Waals surface area (Å²) in [5.74, 6) is 1.42. The van der Waals surface area contributed by atoms with Gasteiger partial charge in [-0.3, -0.25) is 0 Å². The Morgan fingerprint density at radius 1 is 1.14 bits per heavy atom. The summed E-state index contributed by atoms with van der Waals surface area (Å²) in [6.07, 6.45) is 2.31. The summed E-state index contributed by atoms with van der Waals surface area (Å²) in [6, 6.07) is 9.68. The third-order valence-corrected chi connectivity index (χ3v) is 4.00. The van der Waals surface area contributed by atoms with Crippen LogP contribution in [0.3, 0.4) is 0 Å². The van der Waals surface area contributed by atoms with Crippen molar-refractivity contribution in [3.05, 3.63) is 35.9 Å². The minimum atomic E-state index is -0.960. The van der Waals surface area contributed by atoms with Crippen molar-refractivity contribution in [2.24, 2.45) is 10.9 Å². The van der Waals surface area contributed by atoms with Crippen molar-refractivity contribution < 1.29 is 5.11 Å². The average Bonchev–Trinajstić information content (AvgIpc) is 2.54. The molecule has 0 aliphatic carbocycles. The van der Waals surface area contributed by atoms with Crippen molar-refractivity contribution in [1.82, 2.24) is 10.6 Å². The maximum atomic E-state index is 10.6. The van der Waals surface area contributed by atoms with Crippen LogP contribution in [-0.2, 0) is 5.60 Å². The van der Waals surface area contributed by atoms with Gasteiger partial charge in [-0.15, -0.1) is 0 Å². The molecule has 1 atom stereocenters. The number of nitrogens with zero attached hydrogens (tertiary/aromatic N) is 1. The fraction of sp³-hybridized carbons (Fsp3) is 0.611. The molecule has 3 N–H and O–H groups in total. The van der Waals surface area contributed by atoms with Crippen molar-refractivity contribution in [3.63, 3.8) is 0 Å². The molecule has 0 saturated carbocycles. The van der Waals surface area contributed by atoms with Crippen molar-refractivity contribution in [1.29, 1.82) is 0 Å². The van der Waals surface area contributed by atoms with E-state index in [2.05, 4.69) is 29.5 Å². The van der Waals surface area contributed by atoms with Gasteiger partial charge in [-0.1, -0.05) is 57.0 Å². The molecule has 0 aromatic heterocycles. The first-order chi connectivity index (χ1) is 10.5. The van der Waals surface area contributed by atoms with E-state index in [4.69, 9.17) is 0 Å². The molecule has 124 valence electrons. The Morgan fingerprint density at radius 3 is 2.32 bits per heavy atom. The second-order valence-corrected chi connectivity index (χ2v) is 5.90. The average molecular weight is 305 g/mol. The van der Waals surface area contributed by atoms with Crippen LogP contribution in [-0.4, -0.2) is 30.7 Å². The highest BCUT2D eigenvalue weighted by Gasteiger charge is 2.22. The molecule has 4 heteroatoms. The first-order valence-corrected chi connectivity index (χ1v) is 8.33. The highest BCUT2D eigenvalue weighted by atomic mass is 16.3. The third-order valence-electron chi connectivity index (χ3n) is 4.00. The van der Waals surface area contributed by atoms with Gasteiger partial charge >= 0.3 is 0 Å². The lowest BCUT2D eigenvalue weighted by molar-refractivity contribution is 0.0672. The molecule has 0 aliphatic rings. The minimum Gasteiger partial charge on any atom is -0.384 e. The molecule has 22 heavy (non-hydrogen) atoms. The van der Waals surface area contributed by atoms with Crippen molar-refractivity contribution in [2.75, 3.05) is 19.6 Å². The van der Waals surface area contributed by atoms with Gasteiger partial charge in [0.2, 0.25) is 0 Å². The fourth-order valence-electron chi connectivity index (χ4n) is 2.28. The van der Waals surface area contributed by atoms with Crippen LogP contribution in [0.15, 0.2) is 35.3 Å². The normalized spacial score (nSPS) is 14.7. The number of hydrogen-bond donors (Lipinski definition) is 3. The number of aliphatic hydroxyl groups is 1. The van der Waals surface area contributed by atoms with Crippen molar-refractivity contribution in [2.45, 2.75) is 46.1 Å². The number of hydrogen-bond acceptors (Lipinski definition) is 2. The molecule has 0 spiro atoms. The molecule has 0 heterocycles. The maximum absolute atomic E-state index is 10.6. The summed E-state index contributed by atoms with van der Waals surface area (Å²) in [5.41, 5.74) is -0.0759. The van der Waals surface area contributed by atoms with Crippen LogP contribution in [0.5, 0.6) is 0 Å². The Balaban J connectivity index is 2.68. The Hall–Kier alpha value is -1.55. The molecule has 1 aromatic carbocycles. The number of aliphatic imine (C=N–C) groups is 1. The first kappa shape index (κ1) is 18.5. The molecular formula is C18H31N3O. The Morgan fingerprint density at radius 2 is 1.77 bits per heavy atom. The Kier molecular flexibility index (Phi) is 7.96. The van der Waals surface area contributed by atoms with E-state index in [1.165, 1.54) is 0 Å². The Labute approximate surface area is 135 Å². The predicted molar refractivity (Wildman–Crippen MR) is 94.1 cm³/mol. The molecule has 0 bridgehead atoms. The first-order valence-electron chi connectivity index (χ1n) is 8.33. The van der Waals surface area contributed by atoms with E-state index in [1.807, 2.05) is 37.3 Å². The van der Waals surface area contributed by atoms with Gasteiger partial charge in [-0.05, 0) is 25.3 Å². The van der Waals surface area contributed by atoms with Gasteiger partial charge in [0.25, 0.3) is 0 Å². The summed E-state index contributed by atoms with van der Waals surface area (Å²) in [5, 5.41) is 17.2. The van der Waals surface area contributed by atoms with E-state index in [0.29, 0.717) is 12.5 Å². The van der Waals surface area contributed by atoms with Crippen molar-refractivity contribution >= 4 is 5.96 Å². The summed E-state index contributed by atoms with van der Waals surface area (Å²) in [4.78, 5) is 4.55. The summed E-state index contributed by atoms with van der Waals surface area (Å²) >= 11 is 0. The summed E-state index contributed by atoms with van der Waals surface area (Å²) in [6.45, 7) is 10.3. The van der Waals surface area contributed by atoms with Crippen LogP contribution in [0.1, 0.15) is 46.1 Å². The summed E-state index contributed by atoms with van der Waals surface area (Å²) in [7, 11) is 0. The van der Waals surface area contributed by atoms with Crippen LogP contribution >= 0.6 is 0 Å². The number of guanidine groups is 1. The summed E-state index contributed by atoms with van der Waals surface area (Å²) < 4.78 is 0. The predicted octanol–water partition coefficient (Wildman–Crippen LogP) is 2.89. The molecule has 4 nitrogen and oxygen atoms in total. The molecule has 0 saturated heterocycles. The zero-order chi connectivity index (χ0) is 16.4. The third kappa shape index (κ3) is 6.06. The molecule has 0 amide bonds. The van der Waals surface area contributed by atoms with E-state index in [-0.39, 0.29) is 0 Å². The highest BCUT2D eigenvalue weighted by molar-refractivity contribution is 5.79. The van der Waals surface area contributed by atoms with Gasteiger partial charge in [0.05, 0.1) is 6.54 Å². The van der Waals surface area contributed by atoms with E-state index in [1.54, 1.807) is 6.92 Å². The molecule has 0 radical (unpaired) electrons. The van der Waals surface area contributed by atoms with E-state index < -0.39 is 5.60 Å². The van der Waals surface area contributed by atoms with Gasteiger partial charge < -0.3 is 15.7 Å². The van der Waals surface area contributed by atoms with Crippen LogP contribution in [0.25, 0.3) is 0 Å². The van der Waals surface area contributed by atoms with Gasteiger partial charge in [-0.25, -0.2) is 4.99 Å². The van der Waals surface area contributed by atoms with Crippen molar-refractivity contribution in [3.8, 4) is 0 Å². The van der Waals surface area contributed by atoms with Gasteiger partial charge in [-0.2, -0.15) is 0 Å². The number of nitrogens with one attached hydrogen (secondary N) is 2. The van der Waals surface area contributed by atoms with Crippen LogP contribution in [0, 0.1) is 5.92 Å². The number of rotatable bonds is 8. The second-order valence-electron chi connectivity index (χ2n) is 5.90. The minimum absolute atomic E-state index is 0.329. The molecule has 1 unspecified atom stereocenters. The maximum Gasteiger partial charge on any atom is 0.191 e. The fourth-order valence-corrected chi connectivity index (χ4v) is 2.28. The lowest BCUT2D eigenvalue weighted by atomic mass is 9.96. The highest BCUT2D eigenvalue weighted by Crippen LogP contribution is 2.20. The van der Waals surface area contributed by atoms with Gasteiger partial charge in [0.15, 0.2) is 5.96 Å². The SMILES string of the molecule is CCNC(=NCC(C)(O)c1ccccc1)NCC(CC)CC. The lowest BCUT2D eigenvalue weighted by Gasteiger charge is -2.23. The zero-order valence-electron chi connectivity index (χ0n) is 14.4. The monoisotopic (exact) mass is 305 g/mol. The van der Waals surface area contributed by atoms with Gasteiger partial charge in [0, 0.05) is 13.1 Å². The van der Waals surface area contributed by atoms with Gasteiger partial charge in [0.1, 0.15) is 5.60 Å². The molecule has 1 aromatic rings. The molecular weight excluding hydrogens is 274 g/mol. The Bertz CT molecular complexity index is 439. The second kappa shape index (κ2) is 9.46. The molecule has 0 fully saturated rings. The largest absolute Gasteiger partial charge is 0.384 e. The molecule has 0 aliphatic heterocycles. The lowest BCUT2D eigenvalue weighted by Crippen LogP contribution is -2.40. The van der Waals surface area contributed by atoms with Crippen LogP contribution < -0.4 is 10.6 Å². The van der Waals surface area contributed by atoms with E-state index >= 15 is 0 Å². The van der Waals surface area contributed by atoms with Crippen LogP contribution in [0.4, 0.5) is 0 Å². The standard InChI is InChI=1S/C18H31N3O/c1-5-15(6-2)13-20-17(19-7-3)21-14-18(4,22)16-11-9-8-10-12-16/h8-12,15,22H,5-7,13-14H2,1-4H3,(H2,19,20,21). The number of benzene rings is 1. The van der Waals surface area contributed by atoms with E-state index in [9.17, 15) is 5.11 Å². The smallest absolute Gasteiger partial charge is 0.191 e.